The van der Waals surface area contributed by atoms with Gasteiger partial charge < -0.3 is 14.6 Å². The molecular weight excluding hydrogens is 505 g/mol. The zero-order valence-corrected chi connectivity index (χ0v) is 18.4. The van der Waals surface area contributed by atoms with Crippen LogP contribution < -0.4 is 14.9 Å². The molecule has 0 saturated heterocycles. The highest BCUT2D eigenvalue weighted by Gasteiger charge is 2.13. The van der Waals surface area contributed by atoms with Crippen LogP contribution in [0.25, 0.3) is 11.3 Å². The molecule has 0 atom stereocenters. The van der Waals surface area contributed by atoms with Crippen molar-refractivity contribution in [1.29, 1.82) is 0 Å². The van der Waals surface area contributed by atoms with Gasteiger partial charge in [-0.15, -0.1) is 11.3 Å². The number of hydrazone groups is 1. The quantitative estimate of drug-likeness (QED) is 0.240. The first-order valence-corrected chi connectivity index (χ1v) is 10.6. The summed E-state index contributed by atoms with van der Waals surface area (Å²) in [5.74, 6) is -0.161. The molecule has 3 aromatic rings. The number of anilines is 1. The summed E-state index contributed by atoms with van der Waals surface area (Å²) in [4.78, 5) is 15.3. The third-order valence-electron chi connectivity index (χ3n) is 3.62. The molecule has 3 rings (SSSR count). The first-order chi connectivity index (χ1) is 14.1. The maximum Gasteiger partial charge on any atom is 0.341 e. The molecule has 0 fully saturated rings. The number of aliphatic carboxylic acids is 1. The molecule has 29 heavy (non-hydrogen) atoms. The van der Waals surface area contributed by atoms with E-state index in [9.17, 15) is 4.79 Å². The van der Waals surface area contributed by atoms with E-state index in [1.54, 1.807) is 12.3 Å². The van der Waals surface area contributed by atoms with E-state index in [0.29, 0.717) is 23.2 Å². The maximum atomic E-state index is 10.8. The molecule has 0 saturated carbocycles. The van der Waals surface area contributed by atoms with Crippen LogP contribution in [0.1, 0.15) is 12.5 Å². The second-order valence-electron chi connectivity index (χ2n) is 5.72. The number of nitrogens with one attached hydrogen (secondary N) is 1. The highest BCUT2D eigenvalue weighted by Crippen LogP contribution is 2.34. The third-order valence-corrected chi connectivity index (χ3v) is 5.17. The van der Waals surface area contributed by atoms with Gasteiger partial charge in [0, 0.05) is 10.9 Å². The Bertz CT molecular complexity index is 1010. The van der Waals surface area contributed by atoms with E-state index in [2.05, 4.69) is 38.1 Å². The smallest absolute Gasteiger partial charge is 0.341 e. The van der Waals surface area contributed by atoms with Crippen molar-refractivity contribution in [2.24, 2.45) is 5.10 Å². The molecule has 0 aliphatic carbocycles. The van der Waals surface area contributed by atoms with Gasteiger partial charge in [0.05, 0.1) is 22.1 Å². The summed E-state index contributed by atoms with van der Waals surface area (Å²) in [6, 6.07) is 13.5. The topological polar surface area (TPSA) is 93.0 Å². The highest BCUT2D eigenvalue weighted by molar-refractivity contribution is 14.1. The normalized spacial score (nSPS) is 10.8. The van der Waals surface area contributed by atoms with Gasteiger partial charge in [-0.1, -0.05) is 30.3 Å². The molecule has 0 amide bonds. The van der Waals surface area contributed by atoms with Crippen molar-refractivity contribution < 1.29 is 19.4 Å². The van der Waals surface area contributed by atoms with E-state index in [1.807, 2.05) is 48.7 Å². The summed E-state index contributed by atoms with van der Waals surface area (Å²) >= 11 is 3.55. The fraction of sp³-hybridized carbons (Fsp3) is 0.150. The number of hydrogen-bond acceptors (Lipinski definition) is 7. The lowest BCUT2D eigenvalue weighted by atomic mass is 10.2. The minimum atomic E-state index is -1.04. The molecule has 0 aliphatic rings. The summed E-state index contributed by atoms with van der Waals surface area (Å²) in [5, 5.41) is 15.7. The Morgan fingerprint density at radius 3 is 2.83 bits per heavy atom. The van der Waals surface area contributed by atoms with Crippen molar-refractivity contribution in [2.45, 2.75) is 6.92 Å². The van der Waals surface area contributed by atoms with Gasteiger partial charge in [0.25, 0.3) is 0 Å². The van der Waals surface area contributed by atoms with Gasteiger partial charge in [-0.2, -0.15) is 5.10 Å². The lowest BCUT2D eigenvalue weighted by Crippen LogP contribution is -2.11. The van der Waals surface area contributed by atoms with Crippen molar-refractivity contribution in [3.05, 3.63) is 57.0 Å². The number of hydrogen-bond donors (Lipinski definition) is 2. The second-order valence-corrected chi connectivity index (χ2v) is 7.74. The van der Waals surface area contributed by atoms with Crippen LogP contribution in [0.15, 0.2) is 52.9 Å². The van der Waals surface area contributed by atoms with Crippen LogP contribution in [0, 0.1) is 3.57 Å². The largest absolute Gasteiger partial charge is 0.490 e. The summed E-state index contributed by atoms with van der Waals surface area (Å²) in [6.07, 6.45) is 1.65. The van der Waals surface area contributed by atoms with E-state index in [1.165, 1.54) is 11.3 Å². The summed E-state index contributed by atoms with van der Waals surface area (Å²) in [6.45, 7) is 1.85. The Morgan fingerprint density at radius 1 is 1.31 bits per heavy atom. The second kappa shape index (κ2) is 10.2. The number of thiazole rings is 1. The zero-order valence-electron chi connectivity index (χ0n) is 15.5. The minimum absolute atomic E-state index is 0.410. The van der Waals surface area contributed by atoms with Gasteiger partial charge in [-0.25, -0.2) is 9.78 Å². The van der Waals surface area contributed by atoms with Gasteiger partial charge in [0.1, 0.15) is 0 Å². The standard InChI is InChI=1S/C20H18IN3O4S/c1-2-27-17-9-13(8-15(21)19(17)28-11-18(25)26)10-22-24-20-23-16(12-29-20)14-6-4-3-5-7-14/h3-10,12H,2,11H2,1H3,(H,23,24)(H,25,26). The molecule has 0 spiro atoms. The van der Waals surface area contributed by atoms with E-state index in [0.717, 1.165) is 20.4 Å². The molecule has 0 radical (unpaired) electrons. The molecule has 9 heteroatoms. The number of halogens is 1. The molecular formula is C20H18IN3O4S. The van der Waals surface area contributed by atoms with Crippen molar-refractivity contribution >= 4 is 51.2 Å². The Labute approximate surface area is 185 Å². The Hall–Kier alpha value is -2.66. The highest BCUT2D eigenvalue weighted by atomic mass is 127. The fourth-order valence-electron chi connectivity index (χ4n) is 2.43. The van der Waals surface area contributed by atoms with E-state index in [-0.39, 0.29) is 0 Å². The number of rotatable bonds is 9. The van der Waals surface area contributed by atoms with Crippen LogP contribution in [-0.4, -0.2) is 35.5 Å². The third kappa shape index (κ3) is 5.91. The van der Waals surface area contributed by atoms with Crippen LogP contribution in [0.2, 0.25) is 0 Å². The molecule has 0 bridgehead atoms. The number of ether oxygens (including phenoxy) is 2. The molecule has 0 aliphatic heterocycles. The summed E-state index contributed by atoms with van der Waals surface area (Å²) in [7, 11) is 0. The number of benzene rings is 2. The summed E-state index contributed by atoms with van der Waals surface area (Å²) < 4.78 is 11.7. The lowest BCUT2D eigenvalue weighted by molar-refractivity contribution is -0.139. The molecule has 1 aromatic heterocycles. The van der Waals surface area contributed by atoms with Crippen LogP contribution >= 0.6 is 33.9 Å². The van der Waals surface area contributed by atoms with Crippen molar-refractivity contribution in [2.75, 3.05) is 18.6 Å². The molecule has 0 unspecified atom stereocenters. The maximum absolute atomic E-state index is 10.8. The lowest BCUT2D eigenvalue weighted by Gasteiger charge is -2.13. The van der Waals surface area contributed by atoms with Crippen molar-refractivity contribution in [3.8, 4) is 22.8 Å². The predicted octanol–water partition coefficient (Wildman–Crippen LogP) is 4.72. The zero-order chi connectivity index (χ0) is 20.6. The van der Waals surface area contributed by atoms with E-state index >= 15 is 0 Å². The molecule has 7 nitrogen and oxygen atoms in total. The number of carboxylic acids is 1. The van der Waals surface area contributed by atoms with Gasteiger partial charge in [0.15, 0.2) is 18.1 Å². The van der Waals surface area contributed by atoms with E-state index in [4.69, 9.17) is 14.6 Å². The average Bonchev–Trinajstić information content (AvgIpc) is 3.17. The van der Waals surface area contributed by atoms with Crippen LogP contribution in [0.5, 0.6) is 11.5 Å². The molecule has 2 aromatic carbocycles. The predicted molar refractivity (Wildman–Crippen MR) is 122 cm³/mol. The monoisotopic (exact) mass is 523 g/mol. The van der Waals surface area contributed by atoms with Gasteiger partial charge in [-0.3, -0.25) is 5.43 Å². The number of carboxylic acid groups (broad SMARTS) is 1. The van der Waals surface area contributed by atoms with Gasteiger partial charge in [-0.05, 0) is 47.2 Å². The SMILES string of the molecule is CCOc1cc(C=NNc2nc(-c3ccccc3)cs2)cc(I)c1OCC(=O)O. The first kappa shape index (κ1) is 21.1. The minimum Gasteiger partial charge on any atom is -0.490 e. The van der Waals surface area contributed by atoms with Crippen LogP contribution in [0.3, 0.4) is 0 Å². The van der Waals surface area contributed by atoms with Crippen molar-refractivity contribution in [3.63, 3.8) is 0 Å². The van der Waals surface area contributed by atoms with E-state index < -0.39 is 12.6 Å². The number of nitrogens with zero attached hydrogens (tertiary/aromatic N) is 2. The fourth-order valence-corrected chi connectivity index (χ4v) is 3.88. The first-order valence-electron chi connectivity index (χ1n) is 8.67. The average molecular weight is 523 g/mol. The van der Waals surface area contributed by atoms with Crippen molar-refractivity contribution in [1.82, 2.24) is 4.98 Å². The van der Waals surface area contributed by atoms with Gasteiger partial charge in [0.2, 0.25) is 5.13 Å². The molecule has 150 valence electrons. The molecule has 2 N–H and O–H groups in total. The Morgan fingerprint density at radius 2 is 2.10 bits per heavy atom. The van der Waals surface area contributed by atoms with Gasteiger partial charge >= 0.3 is 5.97 Å². The molecule has 1 heterocycles. The Balaban J connectivity index is 1.71. The number of aromatic nitrogens is 1. The Kier molecular flexibility index (Phi) is 7.42. The van der Waals surface area contributed by atoms with Crippen LogP contribution in [0.4, 0.5) is 5.13 Å². The van der Waals surface area contributed by atoms with Crippen LogP contribution in [-0.2, 0) is 4.79 Å². The summed E-state index contributed by atoms with van der Waals surface area (Å²) in [5.41, 5.74) is 5.66. The number of carbonyl (C=O) groups is 1.